The van der Waals surface area contributed by atoms with Gasteiger partial charge in [-0.3, -0.25) is 4.79 Å². The van der Waals surface area contributed by atoms with Crippen LogP contribution in [0.2, 0.25) is 0 Å². The molecule has 0 radical (unpaired) electrons. The Balaban J connectivity index is 2.58. The highest BCUT2D eigenvalue weighted by atomic mass is 16.1. The average Bonchev–Trinajstić information content (AvgIpc) is 2.70. The van der Waals surface area contributed by atoms with E-state index in [1.165, 1.54) is 0 Å². The van der Waals surface area contributed by atoms with Crippen molar-refractivity contribution in [3.63, 3.8) is 0 Å². The third-order valence-electron chi connectivity index (χ3n) is 2.08. The molecule has 14 heavy (non-hydrogen) atoms. The first-order valence-electron chi connectivity index (χ1n) is 4.31. The number of H-pyrrole nitrogens is 1. The molecule has 1 aromatic heterocycles. The minimum absolute atomic E-state index is 0.407. The molecule has 3 heteroatoms. The summed E-state index contributed by atoms with van der Waals surface area (Å²) in [7, 11) is 0. The van der Waals surface area contributed by atoms with Crippen LogP contribution in [-0.2, 0) is 0 Å². The SMILES string of the molecule is NC(=O)c1ccccc1-c1ccc[nH]1. The summed E-state index contributed by atoms with van der Waals surface area (Å²) < 4.78 is 0. The zero-order valence-corrected chi connectivity index (χ0v) is 7.53. The number of primary amides is 1. The van der Waals surface area contributed by atoms with Crippen molar-refractivity contribution in [1.82, 2.24) is 4.98 Å². The quantitative estimate of drug-likeness (QED) is 0.737. The average molecular weight is 186 g/mol. The van der Waals surface area contributed by atoms with Gasteiger partial charge < -0.3 is 10.7 Å². The van der Waals surface area contributed by atoms with Crippen LogP contribution >= 0.6 is 0 Å². The van der Waals surface area contributed by atoms with E-state index in [1.54, 1.807) is 12.1 Å². The van der Waals surface area contributed by atoms with Gasteiger partial charge in [-0.2, -0.15) is 0 Å². The molecule has 0 aliphatic rings. The van der Waals surface area contributed by atoms with Crippen molar-refractivity contribution in [2.45, 2.75) is 0 Å². The van der Waals surface area contributed by atoms with Gasteiger partial charge in [-0.15, -0.1) is 0 Å². The molecule has 3 N–H and O–H groups in total. The molecule has 0 fully saturated rings. The van der Waals surface area contributed by atoms with Gasteiger partial charge in [0.05, 0.1) is 0 Å². The number of carbonyl (C=O) groups excluding carboxylic acids is 1. The van der Waals surface area contributed by atoms with Crippen molar-refractivity contribution in [3.8, 4) is 11.3 Å². The molecular formula is C11H10N2O. The highest BCUT2D eigenvalue weighted by molar-refractivity contribution is 5.99. The van der Waals surface area contributed by atoms with Gasteiger partial charge in [0.2, 0.25) is 5.91 Å². The van der Waals surface area contributed by atoms with E-state index < -0.39 is 5.91 Å². The molecule has 2 aromatic rings. The number of nitrogens with two attached hydrogens (primary N) is 1. The van der Waals surface area contributed by atoms with E-state index in [1.807, 2.05) is 30.5 Å². The molecule has 1 aromatic carbocycles. The van der Waals surface area contributed by atoms with Gasteiger partial charge in [0, 0.05) is 23.0 Å². The Kier molecular flexibility index (Phi) is 2.07. The summed E-state index contributed by atoms with van der Waals surface area (Å²) in [5.74, 6) is -0.407. The zero-order valence-electron chi connectivity index (χ0n) is 7.53. The number of hydrogen-bond acceptors (Lipinski definition) is 1. The molecule has 0 saturated carbocycles. The Morgan fingerprint density at radius 2 is 1.93 bits per heavy atom. The van der Waals surface area contributed by atoms with E-state index in [9.17, 15) is 4.79 Å². The van der Waals surface area contributed by atoms with E-state index in [2.05, 4.69) is 4.98 Å². The lowest BCUT2D eigenvalue weighted by molar-refractivity contribution is 0.100. The highest BCUT2D eigenvalue weighted by Crippen LogP contribution is 2.20. The van der Waals surface area contributed by atoms with Crippen LogP contribution in [0.5, 0.6) is 0 Å². The molecule has 0 atom stereocenters. The smallest absolute Gasteiger partial charge is 0.249 e. The summed E-state index contributed by atoms with van der Waals surface area (Å²) in [4.78, 5) is 14.2. The second-order valence-corrected chi connectivity index (χ2v) is 2.99. The molecule has 1 amide bonds. The van der Waals surface area contributed by atoms with Gasteiger partial charge in [-0.05, 0) is 18.2 Å². The molecule has 0 bridgehead atoms. The highest BCUT2D eigenvalue weighted by Gasteiger charge is 2.08. The monoisotopic (exact) mass is 186 g/mol. The predicted molar refractivity (Wildman–Crippen MR) is 54.7 cm³/mol. The zero-order chi connectivity index (χ0) is 9.97. The van der Waals surface area contributed by atoms with E-state index in [0.29, 0.717) is 5.56 Å². The summed E-state index contributed by atoms with van der Waals surface area (Å²) in [6.07, 6.45) is 1.81. The Hall–Kier alpha value is -2.03. The lowest BCUT2D eigenvalue weighted by Gasteiger charge is -2.03. The molecule has 0 aliphatic heterocycles. The number of amides is 1. The van der Waals surface area contributed by atoms with Gasteiger partial charge in [0.1, 0.15) is 0 Å². The van der Waals surface area contributed by atoms with Crippen LogP contribution in [0.3, 0.4) is 0 Å². The van der Waals surface area contributed by atoms with Gasteiger partial charge >= 0.3 is 0 Å². The van der Waals surface area contributed by atoms with Crippen LogP contribution in [0.15, 0.2) is 42.6 Å². The van der Waals surface area contributed by atoms with Gasteiger partial charge in [-0.25, -0.2) is 0 Å². The molecular weight excluding hydrogens is 176 g/mol. The van der Waals surface area contributed by atoms with E-state index in [4.69, 9.17) is 5.73 Å². The second kappa shape index (κ2) is 3.38. The Morgan fingerprint density at radius 3 is 2.57 bits per heavy atom. The fraction of sp³-hybridized carbons (Fsp3) is 0. The largest absolute Gasteiger partial charge is 0.366 e. The standard InChI is InChI=1S/C11H10N2O/c12-11(14)9-5-2-1-4-8(9)10-6-3-7-13-10/h1-7,13H,(H2,12,14). The maximum absolute atomic E-state index is 11.1. The lowest BCUT2D eigenvalue weighted by atomic mass is 10.0. The summed E-state index contributed by atoms with van der Waals surface area (Å²) in [6, 6.07) is 11.1. The van der Waals surface area contributed by atoms with Gasteiger partial charge in [-0.1, -0.05) is 18.2 Å². The molecule has 0 saturated heterocycles. The van der Waals surface area contributed by atoms with Crippen molar-refractivity contribution >= 4 is 5.91 Å². The second-order valence-electron chi connectivity index (χ2n) is 2.99. The third-order valence-corrected chi connectivity index (χ3v) is 2.08. The Bertz CT molecular complexity index is 446. The van der Waals surface area contributed by atoms with E-state index >= 15 is 0 Å². The van der Waals surface area contributed by atoms with Crippen LogP contribution in [0.25, 0.3) is 11.3 Å². The summed E-state index contributed by atoms with van der Waals surface area (Å²) in [5.41, 5.74) is 7.55. The maximum Gasteiger partial charge on any atom is 0.249 e. The van der Waals surface area contributed by atoms with Crippen LogP contribution in [-0.4, -0.2) is 10.9 Å². The molecule has 0 spiro atoms. The van der Waals surface area contributed by atoms with E-state index in [0.717, 1.165) is 11.3 Å². The van der Waals surface area contributed by atoms with Gasteiger partial charge in [0.15, 0.2) is 0 Å². The van der Waals surface area contributed by atoms with Crippen molar-refractivity contribution in [2.24, 2.45) is 5.73 Å². The predicted octanol–water partition coefficient (Wildman–Crippen LogP) is 1.78. The van der Waals surface area contributed by atoms with Crippen LogP contribution in [0.1, 0.15) is 10.4 Å². The molecule has 2 rings (SSSR count). The first-order chi connectivity index (χ1) is 6.79. The number of carbonyl (C=O) groups is 1. The number of rotatable bonds is 2. The fourth-order valence-electron chi connectivity index (χ4n) is 1.43. The lowest BCUT2D eigenvalue weighted by Crippen LogP contribution is -2.12. The topological polar surface area (TPSA) is 58.9 Å². The Morgan fingerprint density at radius 1 is 1.14 bits per heavy atom. The molecule has 3 nitrogen and oxygen atoms in total. The van der Waals surface area contributed by atoms with E-state index in [-0.39, 0.29) is 0 Å². The number of aromatic nitrogens is 1. The number of benzene rings is 1. The number of aromatic amines is 1. The minimum Gasteiger partial charge on any atom is -0.366 e. The molecule has 0 unspecified atom stereocenters. The van der Waals surface area contributed by atoms with Crippen molar-refractivity contribution in [1.29, 1.82) is 0 Å². The van der Waals surface area contributed by atoms with Crippen LogP contribution in [0.4, 0.5) is 0 Å². The normalized spacial score (nSPS) is 10.0. The first-order valence-corrected chi connectivity index (χ1v) is 4.31. The molecule has 70 valence electrons. The summed E-state index contributed by atoms with van der Waals surface area (Å²) >= 11 is 0. The third kappa shape index (κ3) is 1.40. The number of nitrogens with one attached hydrogen (secondary N) is 1. The maximum atomic E-state index is 11.1. The van der Waals surface area contributed by atoms with Crippen LogP contribution in [0, 0.1) is 0 Å². The van der Waals surface area contributed by atoms with Gasteiger partial charge in [0.25, 0.3) is 0 Å². The van der Waals surface area contributed by atoms with Crippen molar-refractivity contribution in [3.05, 3.63) is 48.2 Å². The minimum atomic E-state index is -0.407. The Labute approximate surface area is 81.6 Å². The van der Waals surface area contributed by atoms with Crippen LogP contribution < -0.4 is 5.73 Å². The first kappa shape index (κ1) is 8.56. The molecule has 1 heterocycles. The molecule has 0 aliphatic carbocycles. The fourth-order valence-corrected chi connectivity index (χ4v) is 1.43. The van der Waals surface area contributed by atoms with Crippen molar-refractivity contribution in [2.75, 3.05) is 0 Å². The summed E-state index contributed by atoms with van der Waals surface area (Å²) in [5, 5.41) is 0. The van der Waals surface area contributed by atoms with Crippen molar-refractivity contribution < 1.29 is 4.79 Å². The number of hydrogen-bond donors (Lipinski definition) is 2. The summed E-state index contributed by atoms with van der Waals surface area (Å²) in [6.45, 7) is 0.